The third kappa shape index (κ3) is 4.24. The summed E-state index contributed by atoms with van der Waals surface area (Å²) in [7, 11) is 3.18. The van der Waals surface area contributed by atoms with Gasteiger partial charge < -0.3 is 19.9 Å². The zero-order valence-corrected chi connectivity index (χ0v) is 19.2. The second-order valence-corrected chi connectivity index (χ2v) is 8.59. The number of anilines is 1. The summed E-state index contributed by atoms with van der Waals surface area (Å²) in [5.74, 6) is 0.398. The van der Waals surface area contributed by atoms with E-state index in [-0.39, 0.29) is 24.3 Å². The standard InChI is InChI=1S/C27H26N4O3/c1-31(16-25-29-22-9-5-6-10-23(22)30-25)27(33)18-11-12-21-19(14-18)13-17-7-3-4-8-20(17)24(28-21)15-26(32)34-2/h3-12,14,24,28H,13,15-16H2,1-2H3,(H,29,30). The first-order chi connectivity index (χ1) is 16.5. The molecule has 0 saturated heterocycles. The average Bonchev–Trinajstić information content (AvgIpc) is 3.19. The van der Waals surface area contributed by atoms with Crippen LogP contribution in [0.25, 0.3) is 11.0 Å². The number of benzene rings is 3. The van der Waals surface area contributed by atoms with Gasteiger partial charge in [0.15, 0.2) is 0 Å². The first-order valence-electron chi connectivity index (χ1n) is 11.2. The number of carbonyl (C=O) groups is 2. The second-order valence-electron chi connectivity index (χ2n) is 8.59. The van der Waals surface area contributed by atoms with E-state index in [1.54, 1.807) is 11.9 Å². The number of rotatable bonds is 5. The van der Waals surface area contributed by atoms with Gasteiger partial charge in [0, 0.05) is 18.3 Å². The van der Waals surface area contributed by atoms with Crippen molar-refractivity contribution in [2.24, 2.45) is 0 Å². The number of H-pyrrole nitrogens is 1. The van der Waals surface area contributed by atoms with Crippen LogP contribution in [0.15, 0.2) is 66.7 Å². The molecule has 7 heteroatoms. The quantitative estimate of drug-likeness (QED) is 0.435. The molecule has 0 aliphatic carbocycles. The van der Waals surface area contributed by atoms with Gasteiger partial charge in [0.05, 0.1) is 37.2 Å². The van der Waals surface area contributed by atoms with E-state index in [1.165, 1.54) is 7.11 Å². The van der Waals surface area contributed by atoms with Gasteiger partial charge in [-0.1, -0.05) is 36.4 Å². The molecule has 5 rings (SSSR count). The van der Waals surface area contributed by atoms with Gasteiger partial charge in [-0.25, -0.2) is 4.98 Å². The Kier molecular flexibility index (Phi) is 5.76. The number of para-hydroxylation sites is 2. The molecule has 1 unspecified atom stereocenters. The number of methoxy groups -OCH3 is 1. The Morgan fingerprint density at radius 2 is 1.85 bits per heavy atom. The lowest BCUT2D eigenvalue weighted by molar-refractivity contribution is -0.140. The van der Waals surface area contributed by atoms with Crippen molar-refractivity contribution in [3.63, 3.8) is 0 Å². The maximum Gasteiger partial charge on any atom is 0.307 e. The molecule has 0 bridgehead atoms. The van der Waals surface area contributed by atoms with E-state index in [9.17, 15) is 9.59 Å². The van der Waals surface area contributed by atoms with E-state index in [2.05, 4.69) is 21.4 Å². The third-order valence-electron chi connectivity index (χ3n) is 6.26. The van der Waals surface area contributed by atoms with E-state index in [1.807, 2.05) is 60.7 Å². The van der Waals surface area contributed by atoms with Crippen LogP contribution in [0.2, 0.25) is 0 Å². The van der Waals surface area contributed by atoms with Crippen molar-refractivity contribution in [1.29, 1.82) is 0 Å². The van der Waals surface area contributed by atoms with Crippen LogP contribution >= 0.6 is 0 Å². The van der Waals surface area contributed by atoms with Gasteiger partial charge in [-0.3, -0.25) is 9.59 Å². The van der Waals surface area contributed by atoms with Crippen molar-refractivity contribution >= 4 is 28.6 Å². The Morgan fingerprint density at radius 3 is 2.68 bits per heavy atom. The molecule has 4 aromatic rings. The molecule has 7 nitrogen and oxygen atoms in total. The van der Waals surface area contributed by atoms with Crippen molar-refractivity contribution < 1.29 is 14.3 Å². The average molecular weight is 455 g/mol. The first kappa shape index (κ1) is 21.7. The lowest BCUT2D eigenvalue weighted by atomic mass is 9.95. The minimum atomic E-state index is -0.269. The molecule has 0 spiro atoms. The molecule has 0 saturated carbocycles. The highest BCUT2D eigenvalue weighted by Crippen LogP contribution is 2.34. The van der Waals surface area contributed by atoms with Crippen LogP contribution in [0, 0.1) is 0 Å². The normalized spacial score (nSPS) is 14.5. The maximum atomic E-state index is 13.2. The van der Waals surface area contributed by atoms with Crippen LogP contribution < -0.4 is 5.32 Å². The molecule has 1 aliphatic heterocycles. The number of esters is 1. The number of nitrogens with one attached hydrogen (secondary N) is 2. The predicted molar refractivity (Wildman–Crippen MR) is 131 cm³/mol. The fraction of sp³-hybridized carbons (Fsp3) is 0.222. The van der Waals surface area contributed by atoms with Crippen molar-refractivity contribution in [2.45, 2.75) is 25.4 Å². The number of hydrogen-bond donors (Lipinski definition) is 2. The van der Waals surface area contributed by atoms with E-state index < -0.39 is 0 Å². The maximum absolute atomic E-state index is 13.2. The summed E-state index contributed by atoms with van der Waals surface area (Å²) in [6, 6.07) is 21.4. The summed E-state index contributed by atoms with van der Waals surface area (Å²) in [5.41, 5.74) is 6.58. The number of ether oxygens (including phenoxy) is 1. The van der Waals surface area contributed by atoms with E-state index in [4.69, 9.17) is 4.74 Å². The summed E-state index contributed by atoms with van der Waals surface area (Å²) in [5, 5.41) is 3.49. The van der Waals surface area contributed by atoms with Gasteiger partial charge >= 0.3 is 5.97 Å². The monoisotopic (exact) mass is 454 g/mol. The van der Waals surface area contributed by atoms with Gasteiger partial charge in [-0.05, 0) is 53.4 Å². The highest BCUT2D eigenvalue weighted by atomic mass is 16.5. The molecule has 1 amide bonds. The third-order valence-corrected chi connectivity index (χ3v) is 6.26. The number of fused-ring (bicyclic) bond motifs is 3. The zero-order valence-electron chi connectivity index (χ0n) is 19.2. The second kappa shape index (κ2) is 9.02. The lowest BCUT2D eigenvalue weighted by Crippen LogP contribution is -2.26. The highest BCUT2D eigenvalue weighted by Gasteiger charge is 2.25. The van der Waals surface area contributed by atoms with Gasteiger partial charge in [-0.15, -0.1) is 0 Å². The van der Waals surface area contributed by atoms with Gasteiger partial charge in [0.25, 0.3) is 5.91 Å². The molecule has 172 valence electrons. The molecular weight excluding hydrogens is 428 g/mol. The Morgan fingerprint density at radius 1 is 1.06 bits per heavy atom. The Labute approximate surface area is 197 Å². The lowest BCUT2D eigenvalue weighted by Gasteiger charge is -2.20. The van der Waals surface area contributed by atoms with Crippen molar-refractivity contribution in [3.05, 3.63) is 94.8 Å². The fourth-order valence-electron chi connectivity index (χ4n) is 4.53. The molecule has 2 heterocycles. The molecular formula is C27H26N4O3. The largest absolute Gasteiger partial charge is 0.469 e. The molecule has 1 atom stereocenters. The van der Waals surface area contributed by atoms with Crippen LogP contribution in [-0.2, 0) is 22.5 Å². The molecule has 3 aromatic carbocycles. The van der Waals surface area contributed by atoms with Crippen LogP contribution in [0.5, 0.6) is 0 Å². The van der Waals surface area contributed by atoms with E-state index in [0.29, 0.717) is 18.5 Å². The Hall–Kier alpha value is -4.13. The fourth-order valence-corrected chi connectivity index (χ4v) is 4.53. The molecule has 0 radical (unpaired) electrons. The number of carbonyl (C=O) groups excluding carboxylic acids is 2. The van der Waals surface area contributed by atoms with Gasteiger partial charge in [0.1, 0.15) is 5.82 Å². The number of nitrogens with zero attached hydrogens (tertiary/aromatic N) is 2. The zero-order chi connectivity index (χ0) is 23.7. The van der Waals surface area contributed by atoms with Crippen molar-refractivity contribution in [1.82, 2.24) is 14.9 Å². The summed E-state index contributed by atoms with van der Waals surface area (Å²) < 4.78 is 4.90. The van der Waals surface area contributed by atoms with Gasteiger partial charge in [-0.2, -0.15) is 0 Å². The first-order valence-corrected chi connectivity index (χ1v) is 11.2. The summed E-state index contributed by atoms with van der Waals surface area (Å²) in [4.78, 5) is 34.8. The minimum absolute atomic E-state index is 0.0769. The highest BCUT2D eigenvalue weighted by molar-refractivity contribution is 5.95. The molecule has 2 N–H and O–H groups in total. The van der Waals surface area contributed by atoms with Crippen molar-refractivity contribution in [2.75, 3.05) is 19.5 Å². The molecule has 1 aromatic heterocycles. The number of aromatic nitrogens is 2. The van der Waals surface area contributed by atoms with E-state index >= 15 is 0 Å². The van der Waals surface area contributed by atoms with Crippen molar-refractivity contribution in [3.8, 4) is 0 Å². The number of amides is 1. The predicted octanol–water partition coefficient (Wildman–Crippen LogP) is 4.46. The molecule has 1 aliphatic rings. The van der Waals surface area contributed by atoms with E-state index in [0.717, 1.165) is 39.2 Å². The molecule has 34 heavy (non-hydrogen) atoms. The molecule has 0 fully saturated rings. The van der Waals surface area contributed by atoms with Crippen LogP contribution in [0.1, 0.15) is 45.3 Å². The minimum Gasteiger partial charge on any atom is -0.469 e. The Balaban J connectivity index is 1.39. The van der Waals surface area contributed by atoms with Crippen LogP contribution in [0.3, 0.4) is 0 Å². The number of hydrogen-bond acceptors (Lipinski definition) is 5. The smallest absolute Gasteiger partial charge is 0.307 e. The SMILES string of the molecule is COC(=O)CC1Nc2ccc(C(=O)N(C)Cc3nc4ccccc4[nH]3)cc2Cc2ccccc21. The topological polar surface area (TPSA) is 87.3 Å². The van der Waals surface area contributed by atoms with Crippen LogP contribution in [-0.4, -0.2) is 40.9 Å². The van der Waals surface area contributed by atoms with Gasteiger partial charge in [0.2, 0.25) is 0 Å². The summed E-state index contributed by atoms with van der Waals surface area (Å²) >= 11 is 0. The Bertz CT molecular complexity index is 1340. The summed E-state index contributed by atoms with van der Waals surface area (Å²) in [6.45, 7) is 0.382. The summed E-state index contributed by atoms with van der Waals surface area (Å²) in [6.07, 6.45) is 0.901. The number of imidazole rings is 1. The van der Waals surface area contributed by atoms with Crippen LogP contribution in [0.4, 0.5) is 5.69 Å². The number of aromatic amines is 1.